The van der Waals surface area contributed by atoms with Gasteiger partial charge < -0.3 is 19.3 Å². The number of thiophene rings is 1. The fourth-order valence-corrected chi connectivity index (χ4v) is 5.46. The molecule has 1 N–H and O–H groups in total. The number of aliphatic hydroxyl groups excluding tert-OH is 1. The highest BCUT2D eigenvalue weighted by Crippen LogP contribution is 2.45. The summed E-state index contributed by atoms with van der Waals surface area (Å²) in [5, 5.41) is 13.4. The Labute approximate surface area is 236 Å². The number of aliphatic hydroxyl groups is 1. The van der Waals surface area contributed by atoms with Gasteiger partial charge in [0.2, 0.25) is 0 Å². The van der Waals surface area contributed by atoms with Crippen molar-refractivity contribution in [3.8, 4) is 17.2 Å². The minimum atomic E-state index is -0.808. The van der Waals surface area contributed by atoms with Crippen LogP contribution in [0.15, 0.2) is 95.9 Å². The number of hydrogen-bond acceptors (Lipinski definition) is 7. The molecule has 8 heteroatoms. The topological polar surface area (TPSA) is 85.3 Å². The minimum Gasteiger partial charge on any atom is -0.507 e. The molecule has 0 bridgehead atoms. The van der Waals surface area contributed by atoms with Crippen LogP contribution in [0.3, 0.4) is 0 Å². The Morgan fingerprint density at radius 3 is 2.25 bits per heavy atom. The van der Waals surface area contributed by atoms with Crippen molar-refractivity contribution in [2.75, 3.05) is 18.1 Å². The molecule has 1 aromatic heterocycles. The van der Waals surface area contributed by atoms with Gasteiger partial charge in [0.1, 0.15) is 35.7 Å². The van der Waals surface area contributed by atoms with Crippen LogP contribution in [0.25, 0.3) is 5.76 Å². The predicted octanol–water partition coefficient (Wildman–Crippen LogP) is 6.75. The Bertz CT molecular complexity index is 1510. The van der Waals surface area contributed by atoms with Crippen molar-refractivity contribution in [3.05, 3.63) is 112 Å². The first-order chi connectivity index (χ1) is 19.5. The minimum absolute atomic E-state index is 0.00182. The molecular weight excluding hydrogens is 526 g/mol. The van der Waals surface area contributed by atoms with E-state index in [1.165, 1.54) is 16.2 Å². The molecule has 0 radical (unpaired) electrons. The molecule has 1 fully saturated rings. The highest BCUT2D eigenvalue weighted by Gasteiger charge is 2.47. The van der Waals surface area contributed by atoms with E-state index >= 15 is 0 Å². The molecule has 1 atom stereocenters. The second kappa shape index (κ2) is 12.1. The lowest BCUT2D eigenvalue weighted by Gasteiger charge is -2.24. The van der Waals surface area contributed by atoms with Gasteiger partial charge in [0.05, 0.1) is 24.4 Å². The lowest BCUT2D eigenvalue weighted by molar-refractivity contribution is -0.132. The monoisotopic (exact) mass is 555 g/mol. The first kappa shape index (κ1) is 27.0. The van der Waals surface area contributed by atoms with E-state index in [4.69, 9.17) is 14.2 Å². The molecule has 0 aliphatic carbocycles. The van der Waals surface area contributed by atoms with Crippen LogP contribution in [0.4, 0.5) is 5.69 Å². The molecular formula is C32H29NO6S. The highest BCUT2D eigenvalue weighted by molar-refractivity contribution is 7.10. The number of benzene rings is 3. The van der Waals surface area contributed by atoms with Crippen LogP contribution in [0, 0.1) is 0 Å². The average Bonchev–Trinajstić information content (AvgIpc) is 3.60. The van der Waals surface area contributed by atoms with Crippen molar-refractivity contribution < 1.29 is 28.9 Å². The summed E-state index contributed by atoms with van der Waals surface area (Å²) in [5.74, 6) is -0.214. The van der Waals surface area contributed by atoms with E-state index in [1.54, 1.807) is 42.5 Å². The van der Waals surface area contributed by atoms with E-state index in [0.717, 1.165) is 10.4 Å². The quantitative estimate of drug-likeness (QED) is 0.132. The van der Waals surface area contributed by atoms with Crippen molar-refractivity contribution in [1.29, 1.82) is 0 Å². The van der Waals surface area contributed by atoms with Crippen LogP contribution in [0.5, 0.6) is 17.2 Å². The molecule has 40 heavy (non-hydrogen) atoms. The number of carbonyl (C=O) groups is 2. The summed E-state index contributed by atoms with van der Waals surface area (Å²) in [6.45, 7) is 4.92. The molecule has 3 aromatic carbocycles. The number of hydrogen-bond donors (Lipinski definition) is 1. The molecule has 1 saturated heterocycles. The molecule has 0 spiro atoms. The standard InChI is InChI=1S/C32H29NO6S/c1-3-37-24-16-17-25(26(19-24)38-4-2)30(34)28-29(27-11-8-18-40-27)33(32(36)31(28)35)22-12-14-23(15-13-22)39-20-21-9-6-5-7-10-21/h5-19,29,34H,3-4,20H2,1-2H3/b30-28-. The number of ether oxygens (including phenoxy) is 3. The van der Waals surface area contributed by atoms with E-state index in [1.807, 2.05) is 61.7 Å². The maximum Gasteiger partial charge on any atom is 0.300 e. The van der Waals surface area contributed by atoms with E-state index < -0.39 is 17.7 Å². The Morgan fingerprint density at radius 2 is 1.57 bits per heavy atom. The summed E-state index contributed by atoms with van der Waals surface area (Å²) in [7, 11) is 0. The Morgan fingerprint density at radius 1 is 0.850 bits per heavy atom. The normalized spacial score (nSPS) is 16.2. The van der Waals surface area contributed by atoms with Gasteiger partial charge in [-0.15, -0.1) is 11.3 Å². The van der Waals surface area contributed by atoms with Crippen molar-refractivity contribution in [2.45, 2.75) is 26.5 Å². The number of carbonyl (C=O) groups excluding carboxylic acids is 2. The number of amides is 1. The summed E-state index contributed by atoms with van der Waals surface area (Å²) >= 11 is 1.40. The lowest BCUT2D eigenvalue weighted by atomic mass is 9.99. The molecule has 1 aliphatic heterocycles. The van der Waals surface area contributed by atoms with Crippen LogP contribution in [0.1, 0.15) is 35.9 Å². The van der Waals surface area contributed by atoms with Gasteiger partial charge in [-0.25, -0.2) is 0 Å². The fourth-order valence-electron chi connectivity index (χ4n) is 4.63. The second-order valence-corrected chi connectivity index (χ2v) is 9.96. The van der Waals surface area contributed by atoms with E-state index in [2.05, 4.69) is 0 Å². The number of ketones is 1. The summed E-state index contributed by atoms with van der Waals surface area (Å²) in [6, 6.07) is 24.7. The van der Waals surface area contributed by atoms with Gasteiger partial charge in [0.15, 0.2) is 0 Å². The van der Waals surface area contributed by atoms with Crippen LogP contribution >= 0.6 is 11.3 Å². The number of rotatable bonds is 10. The van der Waals surface area contributed by atoms with Gasteiger partial charge in [-0.05, 0) is 67.3 Å². The third-order valence-corrected chi connectivity index (χ3v) is 7.36. The van der Waals surface area contributed by atoms with Crippen molar-refractivity contribution >= 4 is 34.5 Å². The highest BCUT2D eigenvalue weighted by atomic mass is 32.1. The van der Waals surface area contributed by atoms with Gasteiger partial charge in [0, 0.05) is 16.6 Å². The molecule has 7 nitrogen and oxygen atoms in total. The van der Waals surface area contributed by atoms with Gasteiger partial charge in [-0.3, -0.25) is 14.5 Å². The number of nitrogens with zero attached hydrogens (tertiary/aromatic N) is 1. The Hall–Kier alpha value is -4.56. The van der Waals surface area contributed by atoms with Crippen LogP contribution in [-0.4, -0.2) is 30.0 Å². The van der Waals surface area contributed by atoms with Gasteiger partial charge >= 0.3 is 0 Å². The lowest BCUT2D eigenvalue weighted by Crippen LogP contribution is -2.29. The first-order valence-electron chi connectivity index (χ1n) is 13.0. The largest absolute Gasteiger partial charge is 0.507 e. The fraction of sp³-hybridized carbons (Fsp3) is 0.188. The smallest absolute Gasteiger partial charge is 0.300 e. The Balaban J connectivity index is 1.52. The third kappa shape index (κ3) is 5.44. The number of anilines is 1. The predicted molar refractivity (Wildman–Crippen MR) is 155 cm³/mol. The van der Waals surface area contributed by atoms with Gasteiger partial charge in [-0.2, -0.15) is 0 Å². The van der Waals surface area contributed by atoms with E-state index in [-0.39, 0.29) is 11.3 Å². The summed E-state index contributed by atoms with van der Waals surface area (Å²) in [6.07, 6.45) is 0. The zero-order valence-corrected chi connectivity index (χ0v) is 23.0. The average molecular weight is 556 g/mol. The summed E-state index contributed by atoms with van der Waals surface area (Å²) in [4.78, 5) is 29.1. The van der Waals surface area contributed by atoms with Crippen molar-refractivity contribution in [1.82, 2.24) is 0 Å². The maximum absolute atomic E-state index is 13.5. The molecule has 0 saturated carbocycles. The van der Waals surface area contributed by atoms with Crippen molar-refractivity contribution in [3.63, 3.8) is 0 Å². The maximum atomic E-state index is 13.5. The van der Waals surface area contributed by atoms with E-state index in [9.17, 15) is 14.7 Å². The zero-order valence-electron chi connectivity index (χ0n) is 22.2. The summed E-state index contributed by atoms with van der Waals surface area (Å²) in [5.41, 5.74) is 1.87. The zero-order chi connectivity index (χ0) is 28.1. The van der Waals surface area contributed by atoms with Gasteiger partial charge in [0.25, 0.3) is 11.7 Å². The Kier molecular flexibility index (Phi) is 8.17. The number of Topliss-reactive ketones (excluding diaryl/α,β-unsaturated/α-hetero) is 1. The molecule has 4 aromatic rings. The third-order valence-electron chi connectivity index (χ3n) is 6.44. The molecule has 1 amide bonds. The molecule has 1 unspecified atom stereocenters. The first-order valence-corrected chi connectivity index (χ1v) is 13.9. The molecule has 2 heterocycles. The SMILES string of the molecule is CCOc1ccc(/C(O)=C2/C(=O)C(=O)N(c3ccc(OCc4ccccc4)cc3)C2c2cccs2)c(OCC)c1. The summed E-state index contributed by atoms with van der Waals surface area (Å²) < 4.78 is 17.3. The molecule has 5 rings (SSSR count). The molecule has 204 valence electrons. The van der Waals surface area contributed by atoms with Crippen LogP contribution in [-0.2, 0) is 16.2 Å². The second-order valence-electron chi connectivity index (χ2n) is 8.98. The van der Waals surface area contributed by atoms with Crippen LogP contribution in [0.2, 0.25) is 0 Å². The van der Waals surface area contributed by atoms with Crippen LogP contribution < -0.4 is 19.1 Å². The van der Waals surface area contributed by atoms with E-state index in [0.29, 0.717) is 48.3 Å². The molecule has 1 aliphatic rings. The van der Waals surface area contributed by atoms with Gasteiger partial charge in [-0.1, -0.05) is 36.4 Å². The van der Waals surface area contributed by atoms with Crippen molar-refractivity contribution in [2.24, 2.45) is 0 Å².